The Kier molecular flexibility index (Phi) is 36.0. The van der Waals surface area contributed by atoms with Gasteiger partial charge < -0.3 is 144 Å². The minimum atomic E-state index is -0.436. The summed E-state index contributed by atoms with van der Waals surface area (Å²) < 4.78 is 18.2. The van der Waals surface area contributed by atoms with Gasteiger partial charge in [-0.1, -0.05) is 13.3 Å². The maximum Gasteiger partial charge on any atom is 4.00 e. The largest absolute Gasteiger partial charge is 4.00 e. The molecule has 12 rings (SSSR count). The van der Waals surface area contributed by atoms with Gasteiger partial charge in [0.05, 0.1) is 39.8 Å². The van der Waals surface area contributed by atoms with Gasteiger partial charge in [-0.05, 0) is 55.1 Å². The SMILES string of the molecule is Cc1cc(NC(=O)c2cc(NC(=O)c3nccn3C)cn2C)cn1C.Cn1cc(NC(=O)c2cc(NC(=O)c3nccn3C)cn2C)cc1C(=O)NC[NH-].Cn1cc(NC(=O)c2nccn2C)cc1C(=O)Nc1c[nH]c(C(=O)NC[NH-])c1.[CH2-]c1cc(NC(=O)c2cc(NC(=O)c3nccn3C)cn2C)cn1C.[Cl][Pt].[NH2-].[NH2-].[NH2-].[NH2-].[Pt+4]. The summed E-state index contributed by atoms with van der Waals surface area (Å²) in [6.45, 7) is 5.34. The number of amides is 10. The van der Waals surface area contributed by atoms with Crippen molar-refractivity contribution in [3.05, 3.63) is 260 Å². The third-order valence-corrected chi connectivity index (χ3v) is 16.1. The van der Waals surface area contributed by atoms with E-state index in [0.717, 1.165) is 17.1 Å². The van der Waals surface area contributed by atoms with E-state index in [2.05, 4.69) is 94.4 Å². The van der Waals surface area contributed by atoms with Crippen molar-refractivity contribution in [2.24, 2.45) is 77.5 Å². The maximum atomic E-state index is 12.6. The van der Waals surface area contributed by atoms with Crippen molar-refractivity contribution in [3.63, 3.8) is 0 Å². The molecule has 45 heteroatoms. The first-order chi connectivity index (χ1) is 51.9. The summed E-state index contributed by atoms with van der Waals surface area (Å²) in [5.41, 5.74) is 22.1. The first-order valence-corrected chi connectivity index (χ1v) is 35.2. The molecule has 12 aromatic heterocycles. The van der Waals surface area contributed by atoms with Crippen LogP contribution in [0, 0.1) is 13.8 Å². The number of hydrogen-bond donors (Lipinski definition) is 11. The molecule has 0 saturated heterocycles. The smallest absolute Gasteiger partial charge is 0.693 e. The molecule has 21 N–H and O–H groups in total. The number of nitrogens with one attached hydrogen (secondary N) is 13. The van der Waals surface area contributed by atoms with Gasteiger partial charge in [-0.15, -0.1) is 5.69 Å². The zero-order chi connectivity index (χ0) is 79.7. The third-order valence-electron chi connectivity index (χ3n) is 16.1. The summed E-state index contributed by atoms with van der Waals surface area (Å²) in [6, 6.07) is 13.0. The average Bonchev–Trinajstić information content (AvgIpc) is 1.70. The summed E-state index contributed by atoms with van der Waals surface area (Å²) in [5.74, 6) is -2.51. The summed E-state index contributed by atoms with van der Waals surface area (Å²) in [4.78, 5) is 141. The molecule has 0 bridgehead atoms. The molecule has 42 nitrogen and oxygen atoms in total. The van der Waals surface area contributed by atoms with Gasteiger partial charge in [0.25, 0.3) is 59.1 Å². The van der Waals surface area contributed by atoms with Crippen LogP contribution in [0.25, 0.3) is 36.1 Å². The number of rotatable bonds is 20. The van der Waals surface area contributed by atoms with E-state index in [-0.39, 0.29) is 112 Å². The number of nitrogens with zero attached hydrogens (tertiary/aromatic N) is 15. The number of carbonyl (C=O) groups excluding carboxylic acids is 10. The predicted molar refractivity (Wildman–Crippen MR) is 425 cm³/mol. The van der Waals surface area contributed by atoms with Crippen LogP contribution >= 0.6 is 9.42 Å². The zero-order valence-corrected chi connectivity index (χ0v) is 68.9. The van der Waals surface area contributed by atoms with Gasteiger partial charge in [0, 0.05) is 182 Å². The van der Waals surface area contributed by atoms with Gasteiger partial charge >= 0.3 is 49.3 Å². The second kappa shape index (κ2) is 43.0. The van der Waals surface area contributed by atoms with Crippen LogP contribution < -0.4 is 53.2 Å². The molecule has 0 aromatic carbocycles. The van der Waals surface area contributed by atoms with Crippen molar-refractivity contribution in [1.29, 1.82) is 0 Å². The molecular weight excluding hydrogens is 1860 g/mol. The van der Waals surface area contributed by atoms with E-state index in [0.29, 0.717) is 79.9 Å². The fourth-order valence-corrected chi connectivity index (χ4v) is 10.5. The van der Waals surface area contributed by atoms with Crippen LogP contribution in [0.1, 0.15) is 117 Å². The van der Waals surface area contributed by atoms with Crippen LogP contribution in [0.15, 0.2) is 148 Å². The van der Waals surface area contributed by atoms with Crippen molar-refractivity contribution in [3.8, 4) is 0 Å². The van der Waals surface area contributed by atoms with Crippen molar-refractivity contribution in [2.75, 3.05) is 55.9 Å². The fourth-order valence-electron chi connectivity index (χ4n) is 10.5. The first-order valence-electron chi connectivity index (χ1n) is 32.4. The van der Waals surface area contributed by atoms with Crippen molar-refractivity contribution in [1.82, 2.24) is 85.8 Å². The molecule has 0 atom stereocenters. The standard InChI is InChI=1S/C18H21N8O3.C17H19N8O3.C17H20N6O2.C17H19N6O2.ClH.4H2N.2Pt/c1-24-5-4-20-15(24)18(29)23-12-7-14(26(3)9-12)17(28)22-11-6-13(25(2)8-11)16(27)21-10-19;1-24-4-3-19-14(24)17(28)23-11-6-13(25(2)8-11)16(27)22-10-5-12(20-7-10)15(26)21-9-18;2*1-11-7-12(9-22(11)3)19-16(24)14-8-13(10-23(14)4)20-17(25)15-18-5-6-21(15)2;;;;;;;/h4-9,19H,10H2,1-3H3,(H,21,27)(H,22,28)(H,23,29);3-8,18,20H,9H2,1-2H3,(H,21,26)(H,22,27)(H,23,28);5-10H,1-4H3,(H,19,24)(H,20,25);5-10H,1H2,2-4H3,(H,19,24)(H,20,25);1H;4*1H2;;/q2*-1;;-1;;4*-1;+1;+4/p-1. The van der Waals surface area contributed by atoms with E-state index in [1.54, 1.807) is 222 Å². The van der Waals surface area contributed by atoms with Gasteiger partial charge in [-0.3, -0.25) is 47.9 Å². The minimum absolute atomic E-state index is 0. The number of hydrogen-bond acceptors (Lipinski definition) is 14. The molecule has 12 heterocycles. The maximum absolute atomic E-state index is 12.6. The Morgan fingerprint density at radius 2 is 0.596 bits per heavy atom. The second-order valence-electron chi connectivity index (χ2n) is 24.2. The summed E-state index contributed by atoms with van der Waals surface area (Å²) in [5, 5.41) is 26.7. The van der Waals surface area contributed by atoms with Crippen LogP contribution in [0.2, 0.25) is 0 Å². The molecule has 613 valence electrons. The molecule has 10 amide bonds. The van der Waals surface area contributed by atoms with Gasteiger partial charge in [0.1, 0.15) is 34.2 Å². The summed E-state index contributed by atoms with van der Waals surface area (Å²) in [7, 11) is 23.8. The quantitative estimate of drug-likeness (QED) is 0.0316. The summed E-state index contributed by atoms with van der Waals surface area (Å²) in [6.07, 6.45) is 26.2. The average molecular weight is 1950 g/mol. The molecule has 0 aliphatic heterocycles. The number of imidazole rings is 4. The Morgan fingerprint density at radius 1 is 0.351 bits per heavy atom. The number of aryl methyl sites for hydroxylation is 12. The Bertz CT molecular complexity index is 5120. The van der Waals surface area contributed by atoms with Crippen LogP contribution in [-0.2, 0) is 117 Å². The van der Waals surface area contributed by atoms with E-state index in [1.807, 2.05) is 42.4 Å². The molecule has 0 aliphatic carbocycles. The molecule has 0 saturated carbocycles. The Morgan fingerprint density at radius 3 is 0.851 bits per heavy atom. The molecule has 0 unspecified atom stereocenters. The van der Waals surface area contributed by atoms with Crippen LogP contribution in [0.5, 0.6) is 0 Å². The van der Waals surface area contributed by atoms with Crippen LogP contribution in [0.3, 0.4) is 0 Å². The molecule has 0 radical (unpaired) electrons. The molecular formula is C69H87ClN32O10Pt2-3. The van der Waals surface area contributed by atoms with E-state index >= 15 is 0 Å². The van der Waals surface area contributed by atoms with Gasteiger partial charge in [-0.2, -0.15) is 6.07 Å². The number of aromatic nitrogens is 16. The van der Waals surface area contributed by atoms with Gasteiger partial charge in [0.15, 0.2) is 23.3 Å². The Hall–Kier alpha value is -12.9. The van der Waals surface area contributed by atoms with Crippen molar-refractivity contribution in [2.45, 2.75) is 6.92 Å². The van der Waals surface area contributed by atoms with Crippen LogP contribution in [-0.4, -0.2) is 148 Å². The zero-order valence-electron chi connectivity index (χ0n) is 63.6. The Labute approximate surface area is 683 Å². The Balaban J connectivity index is 0.000000385. The molecule has 114 heavy (non-hydrogen) atoms. The number of anilines is 8. The van der Waals surface area contributed by atoms with Crippen molar-refractivity contribution >= 4 is 114 Å². The fraction of sp³-hybridized carbons (Fsp3) is 0.203. The number of H-pyrrole nitrogens is 1. The third kappa shape index (κ3) is 24.3. The number of carbonyl (C=O) groups is 10. The molecule has 0 fully saturated rings. The van der Waals surface area contributed by atoms with Gasteiger partial charge in [0.2, 0.25) is 0 Å². The molecule has 0 spiro atoms. The topological polar surface area (TPSA) is 594 Å². The summed E-state index contributed by atoms with van der Waals surface area (Å²) >= 11 is 1.61. The number of nitrogens with two attached hydrogens (primary N) is 4. The second-order valence-corrected chi connectivity index (χ2v) is 24.2. The number of aromatic amines is 1. The predicted octanol–water partition coefficient (Wildman–Crippen LogP) is 9.92. The van der Waals surface area contributed by atoms with Gasteiger partial charge in [-0.25, -0.2) is 26.9 Å². The normalized spacial score (nSPS) is 10.0. The van der Waals surface area contributed by atoms with E-state index < -0.39 is 23.6 Å². The molecule has 0 aliphatic rings. The monoisotopic (exact) mass is 1950 g/mol. The van der Waals surface area contributed by atoms with Crippen molar-refractivity contribution < 1.29 is 87.8 Å². The van der Waals surface area contributed by atoms with E-state index in [4.69, 9.17) is 11.5 Å². The first kappa shape index (κ1) is 95.3. The van der Waals surface area contributed by atoms with E-state index in [1.165, 1.54) is 36.8 Å². The number of halogens is 1. The molecule has 12 aromatic rings. The minimum Gasteiger partial charge on any atom is -0.693 e. The van der Waals surface area contributed by atoms with E-state index in [9.17, 15) is 47.9 Å². The van der Waals surface area contributed by atoms with Crippen LogP contribution in [0.4, 0.5) is 45.5 Å².